The number of ether oxygens (including phenoxy) is 1. The molecule has 102 valence electrons. The minimum Gasteiger partial charge on any atom is -0.494 e. The molecule has 1 heterocycles. The van der Waals surface area contributed by atoms with Crippen molar-refractivity contribution in [2.75, 3.05) is 6.61 Å². The van der Waals surface area contributed by atoms with Crippen LogP contribution in [0.15, 0.2) is 41.8 Å². The fraction of sp³-hybridized carbons (Fsp3) is 0.375. The van der Waals surface area contributed by atoms with E-state index in [4.69, 9.17) is 4.74 Å². The highest BCUT2D eigenvalue weighted by Crippen LogP contribution is 2.19. The van der Waals surface area contributed by atoms with E-state index in [-0.39, 0.29) is 0 Å². The van der Waals surface area contributed by atoms with Gasteiger partial charge in [-0.2, -0.15) is 0 Å². The van der Waals surface area contributed by atoms with Crippen molar-refractivity contribution < 1.29 is 4.74 Å². The molecule has 1 aromatic heterocycles. The normalized spacial score (nSPS) is 12.3. The second-order valence-electron chi connectivity index (χ2n) is 4.61. The number of hydrogen-bond acceptors (Lipinski definition) is 3. The molecule has 0 aliphatic carbocycles. The molecule has 0 saturated heterocycles. The van der Waals surface area contributed by atoms with Crippen LogP contribution in [0, 0.1) is 0 Å². The minimum absolute atomic E-state index is 0.399. The molecule has 0 fully saturated rings. The average molecular weight is 275 g/mol. The van der Waals surface area contributed by atoms with Crippen LogP contribution in [0.1, 0.15) is 36.8 Å². The Kier molecular flexibility index (Phi) is 5.43. The van der Waals surface area contributed by atoms with Crippen LogP contribution in [-0.4, -0.2) is 6.61 Å². The van der Waals surface area contributed by atoms with Gasteiger partial charge in [0.1, 0.15) is 5.75 Å². The molecule has 2 rings (SSSR count). The van der Waals surface area contributed by atoms with Gasteiger partial charge in [0.15, 0.2) is 0 Å². The second kappa shape index (κ2) is 7.31. The van der Waals surface area contributed by atoms with Crippen molar-refractivity contribution in [3.05, 3.63) is 52.2 Å². The molecular formula is C16H21NOS. The van der Waals surface area contributed by atoms with E-state index in [0.29, 0.717) is 6.04 Å². The predicted octanol–water partition coefficient (Wildman–Crippen LogP) is 4.39. The lowest BCUT2D eigenvalue weighted by Gasteiger charge is -2.12. The lowest BCUT2D eigenvalue weighted by Crippen LogP contribution is -2.17. The fourth-order valence-corrected chi connectivity index (χ4v) is 2.59. The first kappa shape index (κ1) is 14.1. The zero-order chi connectivity index (χ0) is 13.5. The summed E-state index contributed by atoms with van der Waals surface area (Å²) in [6, 6.07) is 13.0. The molecule has 0 aliphatic rings. The Morgan fingerprint density at radius 1 is 1.21 bits per heavy atom. The summed E-state index contributed by atoms with van der Waals surface area (Å²) < 4.78 is 5.58. The van der Waals surface area contributed by atoms with Crippen LogP contribution in [0.25, 0.3) is 0 Å². The lowest BCUT2D eigenvalue weighted by atomic mass is 10.2. The molecule has 3 heteroatoms. The standard InChI is InChI=1S/C16H21NOS/c1-3-10-18-15-8-6-14(7-9-15)12-17-13(2)16-5-4-11-19-16/h4-9,11,13,17H,3,10,12H2,1-2H3. The fourth-order valence-electron chi connectivity index (χ4n) is 1.83. The number of rotatable bonds is 7. The van der Waals surface area contributed by atoms with Crippen molar-refractivity contribution in [1.82, 2.24) is 5.32 Å². The maximum absolute atomic E-state index is 5.58. The third-order valence-electron chi connectivity index (χ3n) is 2.98. The first-order valence-electron chi connectivity index (χ1n) is 6.78. The quantitative estimate of drug-likeness (QED) is 0.809. The average Bonchev–Trinajstić information content (AvgIpc) is 2.98. The topological polar surface area (TPSA) is 21.3 Å². The predicted molar refractivity (Wildman–Crippen MR) is 81.8 cm³/mol. The van der Waals surface area contributed by atoms with Crippen molar-refractivity contribution in [3.8, 4) is 5.75 Å². The van der Waals surface area contributed by atoms with Crippen molar-refractivity contribution >= 4 is 11.3 Å². The molecule has 1 aromatic carbocycles. The molecule has 19 heavy (non-hydrogen) atoms. The number of nitrogens with one attached hydrogen (secondary N) is 1. The van der Waals surface area contributed by atoms with Crippen LogP contribution in [0.5, 0.6) is 5.75 Å². The van der Waals surface area contributed by atoms with Crippen LogP contribution in [-0.2, 0) is 6.54 Å². The SMILES string of the molecule is CCCOc1ccc(CNC(C)c2cccs2)cc1. The molecule has 1 unspecified atom stereocenters. The Morgan fingerprint density at radius 3 is 2.63 bits per heavy atom. The summed E-state index contributed by atoms with van der Waals surface area (Å²) in [5.74, 6) is 0.955. The van der Waals surface area contributed by atoms with Gasteiger partial charge in [-0.3, -0.25) is 0 Å². The van der Waals surface area contributed by atoms with Crippen molar-refractivity contribution in [1.29, 1.82) is 0 Å². The van der Waals surface area contributed by atoms with Crippen LogP contribution in [0.2, 0.25) is 0 Å². The Morgan fingerprint density at radius 2 is 2.00 bits per heavy atom. The Bertz CT molecular complexity index is 464. The van der Waals surface area contributed by atoms with Gasteiger partial charge in [-0.05, 0) is 42.5 Å². The van der Waals surface area contributed by atoms with Gasteiger partial charge >= 0.3 is 0 Å². The summed E-state index contributed by atoms with van der Waals surface area (Å²) in [5.41, 5.74) is 1.28. The largest absolute Gasteiger partial charge is 0.494 e. The molecule has 0 radical (unpaired) electrons. The highest BCUT2D eigenvalue weighted by molar-refractivity contribution is 7.10. The van der Waals surface area contributed by atoms with E-state index in [1.165, 1.54) is 10.4 Å². The highest BCUT2D eigenvalue weighted by Gasteiger charge is 2.05. The number of thiophene rings is 1. The van der Waals surface area contributed by atoms with E-state index in [9.17, 15) is 0 Å². The molecule has 0 amide bonds. The van der Waals surface area contributed by atoms with E-state index in [1.54, 1.807) is 11.3 Å². The second-order valence-corrected chi connectivity index (χ2v) is 5.59. The molecule has 0 saturated carbocycles. The van der Waals surface area contributed by atoms with E-state index < -0.39 is 0 Å². The molecule has 2 aromatic rings. The van der Waals surface area contributed by atoms with Crippen LogP contribution in [0.4, 0.5) is 0 Å². The van der Waals surface area contributed by atoms with Gasteiger partial charge in [0.05, 0.1) is 6.61 Å². The Balaban J connectivity index is 1.82. The third kappa shape index (κ3) is 4.37. The minimum atomic E-state index is 0.399. The molecule has 0 aliphatic heterocycles. The van der Waals surface area contributed by atoms with Gasteiger partial charge in [-0.25, -0.2) is 0 Å². The maximum atomic E-state index is 5.58. The third-order valence-corrected chi connectivity index (χ3v) is 4.03. The first-order chi connectivity index (χ1) is 9.29. The van der Waals surface area contributed by atoms with Gasteiger partial charge in [0.2, 0.25) is 0 Å². The summed E-state index contributed by atoms with van der Waals surface area (Å²) in [4.78, 5) is 1.38. The molecular weight excluding hydrogens is 254 g/mol. The molecule has 1 atom stereocenters. The summed E-state index contributed by atoms with van der Waals surface area (Å²) in [6.45, 7) is 5.98. The monoisotopic (exact) mass is 275 g/mol. The van der Waals surface area contributed by atoms with Gasteiger partial charge in [0, 0.05) is 17.5 Å². The molecule has 1 N–H and O–H groups in total. The Hall–Kier alpha value is -1.32. The molecule has 0 spiro atoms. The van der Waals surface area contributed by atoms with Gasteiger partial charge < -0.3 is 10.1 Å². The zero-order valence-electron chi connectivity index (χ0n) is 11.6. The smallest absolute Gasteiger partial charge is 0.119 e. The van der Waals surface area contributed by atoms with E-state index in [1.807, 2.05) is 12.1 Å². The molecule has 0 bridgehead atoms. The summed E-state index contributed by atoms with van der Waals surface area (Å²) in [7, 11) is 0. The highest BCUT2D eigenvalue weighted by atomic mass is 32.1. The lowest BCUT2D eigenvalue weighted by molar-refractivity contribution is 0.317. The summed E-state index contributed by atoms with van der Waals surface area (Å²) in [5, 5.41) is 5.65. The summed E-state index contributed by atoms with van der Waals surface area (Å²) in [6.07, 6.45) is 1.04. The van der Waals surface area contributed by atoms with Gasteiger partial charge in [0.25, 0.3) is 0 Å². The Labute approximate surface area is 119 Å². The van der Waals surface area contributed by atoms with Crippen LogP contribution >= 0.6 is 11.3 Å². The number of benzene rings is 1. The summed E-state index contributed by atoms with van der Waals surface area (Å²) >= 11 is 1.80. The van der Waals surface area contributed by atoms with Crippen molar-refractivity contribution in [2.45, 2.75) is 32.9 Å². The van der Waals surface area contributed by atoms with E-state index >= 15 is 0 Å². The van der Waals surface area contributed by atoms with Crippen molar-refractivity contribution in [3.63, 3.8) is 0 Å². The van der Waals surface area contributed by atoms with E-state index in [2.05, 4.69) is 48.8 Å². The first-order valence-corrected chi connectivity index (χ1v) is 7.66. The molecule has 2 nitrogen and oxygen atoms in total. The van der Waals surface area contributed by atoms with Gasteiger partial charge in [-0.15, -0.1) is 11.3 Å². The van der Waals surface area contributed by atoms with Crippen LogP contribution in [0.3, 0.4) is 0 Å². The van der Waals surface area contributed by atoms with E-state index in [0.717, 1.165) is 25.3 Å². The maximum Gasteiger partial charge on any atom is 0.119 e. The number of hydrogen-bond donors (Lipinski definition) is 1. The van der Waals surface area contributed by atoms with Crippen molar-refractivity contribution in [2.24, 2.45) is 0 Å². The van der Waals surface area contributed by atoms with Crippen LogP contribution < -0.4 is 10.1 Å². The van der Waals surface area contributed by atoms with Gasteiger partial charge in [-0.1, -0.05) is 25.1 Å². The zero-order valence-corrected chi connectivity index (χ0v) is 12.4.